The van der Waals surface area contributed by atoms with Crippen LogP contribution in [0, 0.1) is 11.8 Å². The van der Waals surface area contributed by atoms with Gasteiger partial charge in [0.2, 0.25) is 11.8 Å². The zero-order valence-electron chi connectivity index (χ0n) is 16.2. The maximum absolute atomic E-state index is 12.9. The number of rotatable bonds is 8. The molecule has 0 bridgehead atoms. The van der Waals surface area contributed by atoms with Crippen LogP contribution in [0.25, 0.3) is 0 Å². The molecule has 26 heavy (non-hydrogen) atoms. The van der Waals surface area contributed by atoms with E-state index in [9.17, 15) is 9.59 Å². The van der Waals surface area contributed by atoms with Crippen LogP contribution in [0.5, 0.6) is 0 Å². The van der Waals surface area contributed by atoms with Gasteiger partial charge in [-0.3, -0.25) is 9.59 Å². The summed E-state index contributed by atoms with van der Waals surface area (Å²) in [5.41, 5.74) is 5.90. The van der Waals surface area contributed by atoms with Gasteiger partial charge in [0, 0.05) is 38.2 Å². The van der Waals surface area contributed by atoms with Crippen molar-refractivity contribution in [3.8, 4) is 0 Å². The summed E-state index contributed by atoms with van der Waals surface area (Å²) >= 11 is 0. The fraction of sp³-hybridized carbons (Fsp3) is 0.895. The summed E-state index contributed by atoms with van der Waals surface area (Å²) in [6.45, 7) is 4.58. The molecule has 0 radical (unpaired) electrons. The smallest absolute Gasteiger partial charge is 0.246 e. The first kappa shape index (κ1) is 21.1. The Bertz CT molecular complexity index is 452. The third-order valence-corrected chi connectivity index (χ3v) is 5.64. The highest BCUT2D eigenvalue weighted by Gasteiger charge is 2.35. The third kappa shape index (κ3) is 6.21. The Kier molecular flexibility index (Phi) is 8.81. The average molecular weight is 370 g/mol. The summed E-state index contributed by atoms with van der Waals surface area (Å²) in [5.74, 6) is 0.886. The lowest BCUT2D eigenvalue weighted by molar-refractivity contribution is -0.141. The van der Waals surface area contributed by atoms with Gasteiger partial charge in [-0.05, 0) is 44.4 Å². The topological polar surface area (TPSA) is 93.9 Å². The largest absolute Gasteiger partial charge is 0.382 e. The van der Waals surface area contributed by atoms with Crippen LogP contribution in [0.1, 0.15) is 45.4 Å². The fourth-order valence-corrected chi connectivity index (χ4v) is 4.06. The molecule has 1 saturated carbocycles. The molecule has 1 aliphatic heterocycles. The zero-order valence-corrected chi connectivity index (χ0v) is 16.2. The second kappa shape index (κ2) is 10.8. The van der Waals surface area contributed by atoms with Crippen LogP contribution < -0.4 is 11.1 Å². The molecule has 2 unspecified atom stereocenters. The average Bonchev–Trinajstić information content (AvgIpc) is 2.65. The van der Waals surface area contributed by atoms with Gasteiger partial charge in [-0.25, -0.2) is 0 Å². The highest BCUT2D eigenvalue weighted by Crippen LogP contribution is 2.30. The highest BCUT2D eigenvalue weighted by molar-refractivity contribution is 5.80. The molecule has 0 spiro atoms. The van der Waals surface area contributed by atoms with Crippen LogP contribution in [0.2, 0.25) is 0 Å². The molecule has 1 aliphatic carbocycles. The van der Waals surface area contributed by atoms with Crippen molar-refractivity contribution in [2.45, 2.75) is 57.5 Å². The third-order valence-electron chi connectivity index (χ3n) is 5.64. The van der Waals surface area contributed by atoms with Gasteiger partial charge in [-0.15, -0.1) is 0 Å². The standard InChI is InChI=1S/C19H35N3O4/c1-14-7-8-22(17(11-14)12-20)19(24)15-3-5-16(6-4-15)21-18(23)13-26-10-9-25-2/h14-17H,3-13,20H2,1-2H3,(H,21,23). The van der Waals surface area contributed by atoms with E-state index in [0.29, 0.717) is 25.7 Å². The van der Waals surface area contributed by atoms with Gasteiger partial charge < -0.3 is 25.4 Å². The molecule has 0 aromatic rings. The summed E-state index contributed by atoms with van der Waals surface area (Å²) < 4.78 is 10.1. The van der Waals surface area contributed by atoms with Gasteiger partial charge in [-0.2, -0.15) is 0 Å². The molecule has 2 fully saturated rings. The highest BCUT2D eigenvalue weighted by atomic mass is 16.5. The first-order valence-electron chi connectivity index (χ1n) is 9.91. The Morgan fingerprint density at radius 3 is 2.54 bits per heavy atom. The monoisotopic (exact) mass is 369 g/mol. The number of nitrogens with two attached hydrogens (primary N) is 1. The van der Waals surface area contributed by atoms with Crippen molar-refractivity contribution in [3.05, 3.63) is 0 Å². The van der Waals surface area contributed by atoms with Crippen molar-refractivity contribution in [3.63, 3.8) is 0 Å². The number of ether oxygens (including phenoxy) is 2. The lowest BCUT2D eigenvalue weighted by atomic mass is 9.83. The van der Waals surface area contributed by atoms with E-state index >= 15 is 0 Å². The van der Waals surface area contributed by atoms with Crippen LogP contribution in [-0.2, 0) is 19.1 Å². The molecular formula is C19H35N3O4. The Morgan fingerprint density at radius 1 is 1.15 bits per heavy atom. The van der Waals surface area contributed by atoms with Crippen molar-refractivity contribution in [1.82, 2.24) is 10.2 Å². The first-order valence-corrected chi connectivity index (χ1v) is 9.91. The zero-order chi connectivity index (χ0) is 18.9. The molecular weight excluding hydrogens is 334 g/mol. The number of nitrogens with zero attached hydrogens (tertiary/aromatic N) is 1. The second-order valence-corrected chi connectivity index (χ2v) is 7.71. The van der Waals surface area contributed by atoms with Gasteiger partial charge in [0.1, 0.15) is 6.61 Å². The molecule has 7 nitrogen and oxygen atoms in total. The summed E-state index contributed by atoms with van der Waals surface area (Å²) in [6, 6.07) is 0.331. The van der Waals surface area contributed by atoms with Gasteiger partial charge in [0.25, 0.3) is 0 Å². The number of hydrogen-bond acceptors (Lipinski definition) is 5. The Labute approximate surface area is 156 Å². The number of amides is 2. The molecule has 2 rings (SSSR count). The lowest BCUT2D eigenvalue weighted by Gasteiger charge is -2.41. The van der Waals surface area contributed by atoms with Crippen molar-refractivity contribution in [2.75, 3.05) is 40.0 Å². The summed E-state index contributed by atoms with van der Waals surface area (Å²) in [6.07, 6.45) is 5.43. The predicted octanol–water partition coefficient (Wildman–Crippen LogP) is 0.910. The molecule has 2 atom stereocenters. The number of likely N-dealkylation sites (tertiary alicyclic amines) is 1. The van der Waals surface area contributed by atoms with E-state index < -0.39 is 0 Å². The molecule has 2 aliphatic rings. The molecule has 1 heterocycles. The van der Waals surface area contributed by atoms with Crippen LogP contribution in [-0.4, -0.2) is 68.8 Å². The van der Waals surface area contributed by atoms with Gasteiger partial charge >= 0.3 is 0 Å². The van der Waals surface area contributed by atoms with E-state index in [0.717, 1.165) is 45.1 Å². The quantitative estimate of drug-likeness (QED) is 0.620. The number of carbonyl (C=O) groups is 2. The SMILES string of the molecule is COCCOCC(=O)NC1CCC(C(=O)N2CCC(C)CC2CN)CC1. The van der Waals surface area contributed by atoms with Crippen molar-refractivity contribution >= 4 is 11.8 Å². The Morgan fingerprint density at radius 2 is 1.88 bits per heavy atom. The molecule has 2 amide bonds. The summed E-state index contributed by atoms with van der Waals surface area (Å²) in [7, 11) is 1.60. The number of methoxy groups -OCH3 is 1. The minimum atomic E-state index is -0.0934. The summed E-state index contributed by atoms with van der Waals surface area (Å²) in [5, 5.41) is 3.01. The van der Waals surface area contributed by atoms with Gasteiger partial charge in [0.05, 0.1) is 13.2 Å². The normalized spacial score (nSPS) is 29.4. The number of carbonyl (C=O) groups excluding carboxylic acids is 2. The Hall–Kier alpha value is -1.18. The first-order chi connectivity index (χ1) is 12.5. The summed E-state index contributed by atoms with van der Waals surface area (Å²) in [4.78, 5) is 26.8. The Balaban J connectivity index is 1.72. The molecule has 7 heteroatoms. The van der Waals surface area contributed by atoms with Crippen LogP contribution in [0.4, 0.5) is 0 Å². The fourth-order valence-electron chi connectivity index (χ4n) is 4.06. The van der Waals surface area contributed by atoms with E-state index in [1.165, 1.54) is 0 Å². The molecule has 0 aromatic heterocycles. The van der Waals surface area contributed by atoms with E-state index in [-0.39, 0.29) is 36.4 Å². The molecule has 3 N–H and O–H groups in total. The maximum Gasteiger partial charge on any atom is 0.246 e. The number of hydrogen-bond donors (Lipinski definition) is 2. The van der Waals surface area contributed by atoms with Crippen molar-refractivity contribution in [1.29, 1.82) is 0 Å². The van der Waals surface area contributed by atoms with Gasteiger partial charge in [-0.1, -0.05) is 6.92 Å². The van der Waals surface area contributed by atoms with E-state index in [2.05, 4.69) is 12.2 Å². The van der Waals surface area contributed by atoms with E-state index in [1.54, 1.807) is 7.11 Å². The van der Waals surface area contributed by atoms with E-state index in [4.69, 9.17) is 15.2 Å². The molecule has 1 saturated heterocycles. The lowest BCUT2D eigenvalue weighted by Crippen LogP contribution is -2.52. The van der Waals surface area contributed by atoms with Crippen LogP contribution >= 0.6 is 0 Å². The van der Waals surface area contributed by atoms with Gasteiger partial charge in [0.15, 0.2) is 0 Å². The van der Waals surface area contributed by atoms with Crippen molar-refractivity contribution < 1.29 is 19.1 Å². The van der Waals surface area contributed by atoms with Crippen molar-refractivity contribution in [2.24, 2.45) is 17.6 Å². The maximum atomic E-state index is 12.9. The molecule has 0 aromatic carbocycles. The minimum absolute atomic E-state index is 0.0619. The number of piperidine rings is 1. The second-order valence-electron chi connectivity index (χ2n) is 7.71. The molecule has 150 valence electrons. The van der Waals surface area contributed by atoms with E-state index in [1.807, 2.05) is 4.90 Å². The predicted molar refractivity (Wildman–Crippen MR) is 99.5 cm³/mol. The number of nitrogens with one attached hydrogen (secondary N) is 1. The van der Waals surface area contributed by atoms with Crippen LogP contribution in [0.3, 0.4) is 0 Å². The van der Waals surface area contributed by atoms with Crippen LogP contribution in [0.15, 0.2) is 0 Å². The minimum Gasteiger partial charge on any atom is -0.382 e.